The third-order valence-electron chi connectivity index (χ3n) is 2.66. The van der Waals surface area contributed by atoms with E-state index in [1.807, 2.05) is 16.8 Å². The Hall–Kier alpha value is -1.34. The predicted molar refractivity (Wildman–Crippen MR) is 74.3 cm³/mol. The Morgan fingerprint density at radius 2 is 2.28 bits per heavy atom. The summed E-state index contributed by atoms with van der Waals surface area (Å²) < 4.78 is 24.4. The van der Waals surface area contributed by atoms with E-state index in [2.05, 4.69) is 5.10 Å². The fourth-order valence-electron chi connectivity index (χ4n) is 1.55. The molecule has 0 saturated carbocycles. The Kier molecular flexibility index (Phi) is 3.72. The van der Waals surface area contributed by atoms with Crippen LogP contribution in [0.5, 0.6) is 0 Å². The minimum absolute atomic E-state index is 0.0910. The molecule has 0 aliphatic carbocycles. The molecule has 0 saturated heterocycles. The van der Waals surface area contributed by atoms with Crippen LogP contribution in [-0.2, 0) is 16.4 Å². The monoisotopic (exact) mass is 285 g/mol. The molecule has 0 spiro atoms. The van der Waals surface area contributed by atoms with Crippen LogP contribution in [0.4, 0.5) is 5.69 Å². The Balaban J connectivity index is 2.15. The van der Waals surface area contributed by atoms with Crippen molar-refractivity contribution < 1.29 is 8.42 Å². The molecule has 7 heteroatoms. The van der Waals surface area contributed by atoms with Gasteiger partial charge in [0.1, 0.15) is 5.69 Å². The molecule has 0 fully saturated rings. The zero-order chi connectivity index (χ0) is 13.2. The second kappa shape index (κ2) is 5.11. The van der Waals surface area contributed by atoms with Crippen LogP contribution in [0.25, 0.3) is 11.3 Å². The minimum Gasteiger partial charge on any atom is -0.396 e. The summed E-state index contributed by atoms with van der Waals surface area (Å²) in [5, 5.41) is 8.24. The van der Waals surface area contributed by atoms with Gasteiger partial charge in [-0.2, -0.15) is 16.4 Å². The first-order chi connectivity index (χ1) is 8.52. The summed E-state index contributed by atoms with van der Waals surface area (Å²) in [4.78, 5) is 0. The van der Waals surface area contributed by atoms with E-state index >= 15 is 0 Å². The third-order valence-corrected chi connectivity index (χ3v) is 5.02. The Morgan fingerprint density at radius 1 is 1.50 bits per heavy atom. The molecule has 98 valence electrons. The number of hydrogen-bond donors (Lipinski definition) is 1. The number of nitrogens with two attached hydrogens (primary N) is 1. The molecule has 0 aromatic carbocycles. The first kappa shape index (κ1) is 13.1. The molecule has 2 aromatic heterocycles. The standard InChI is InChI=1S/C11H15N3O2S2/c1-2-18(15,16)6-4-14-7-10(12)11(13-14)9-3-5-17-8-9/h3,5,7-8H,2,4,6,12H2,1H3. The van der Waals surface area contributed by atoms with E-state index in [1.54, 1.807) is 29.1 Å². The molecular formula is C11H15N3O2S2. The number of hydrogen-bond acceptors (Lipinski definition) is 5. The molecule has 0 atom stereocenters. The molecular weight excluding hydrogens is 270 g/mol. The van der Waals surface area contributed by atoms with Gasteiger partial charge >= 0.3 is 0 Å². The average molecular weight is 285 g/mol. The van der Waals surface area contributed by atoms with Crippen LogP contribution in [0.2, 0.25) is 0 Å². The second-order valence-corrected chi connectivity index (χ2v) is 7.20. The van der Waals surface area contributed by atoms with Crippen molar-refractivity contribution in [1.29, 1.82) is 0 Å². The fourth-order valence-corrected chi connectivity index (χ4v) is 2.95. The van der Waals surface area contributed by atoms with Gasteiger partial charge in [-0.25, -0.2) is 8.42 Å². The Bertz CT molecular complexity index is 615. The number of thiophene rings is 1. The third kappa shape index (κ3) is 2.91. The minimum atomic E-state index is -2.97. The molecule has 0 radical (unpaired) electrons. The topological polar surface area (TPSA) is 78.0 Å². The number of nitrogens with zero attached hydrogens (tertiary/aromatic N) is 2. The summed E-state index contributed by atoms with van der Waals surface area (Å²) in [6.07, 6.45) is 1.68. The van der Waals surface area contributed by atoms with Crippen LogP contribution in [0.15, 0.2) is 23.0 Å². The van der Waals surface area contributed by atoms with Crippen molar-refractivity contribution in [3.63, 3.8) is 0 Å². The number of aromatic nitrogens is 2. The number of rotatable bonds is 5. The van der Waals surface area contributed by atoms with Crippen molar-refractivity contribution in [2.24, 2.45) is 0 Å². The van der Waals surface area contributed by atoms with Gasteiger partial charge in [0, 0.05) is 22.9 Å². The van der Waals surface area contributed by atoms with E-state index < -0.39 is 9.84 Å². The van der Waals surface area contributed by atoms with Crippen LogP contribution in [0.1, 0.15) is 6.92 Å². The van der Waals surface area contributed by atoms with Crippen molar-refractivity contribution in [3.05, 3.63) is 23.0 Å². The highest BCUT2D eigenvalue weighted by Gasteiger charge is 2.11. The number of anilines is 1. The molecule has 0 amide bonds. The summed E-state index contributed by atoms with van der Waals surface area (Å²) in [7, 11) is -2.97. The quantitative estimate of drug-likeness (QED) is 0.905. The van der Waals surface area contributed by atoms with Gasteiger partial charge in [-0.05, 0) is 11.4 Å². The maximum absolute atomic E-state index is 11.4. The smallest absolute Gasteiger partial charge is 0.151 e. The van der Waals surface area contributed by atoms with E-state index in [0.29, 0.717) is 17.9 Å². The lowest BCUT2D eigenvalue weighted by Crippen LogP contribution is -2.14. The maximum atomic E-state index is 11.4. The molecule has 18 heavy (non-hydrogen) atoms. The van der Waals surface area contributed by atoms with Crippen LogP contribution in [0, 0.1) is 0 Å². The lowest BCUT2D eigenvalue weighted by atomic mass is 10.2. The van der Waals surface area contributed by atoms with Crippen molar-refractivity contribution in [2.75, 3.05) is 17.2 Å². The van der Waals surface area contributed by atoms with Gasteiger partial charge in [0.15, 0.2) is 9.84 Å². The molecule has 2 heterocycles. The molecule has 0 aliphatic heterocycles. The highest BCUT2D eigenvalue weighted by Crippen LogP contribution is 2.25. The van der Waals surface area contributed by atoms with E-state index in [-0.39, 0.29) is 11.5 Å². The van der Waals surface area contributed by atoms with Crippen LogP contribution >= 0.6 is 11.3 Å². The highest BCUT2D eigenvalue weighted by molar-refractivity contribution is 7.91. The molecule has 2 rings (SSSR count). The first-order valence-electron chi connectivity index (χ1n) is 5.58. The zero-order valence-electron chi connectivity index (χ0n) is 10.0. The molecule has 5 nitrogen and oxygen atoms in total. The summed E-state index contributed by atoms with van der Waals surface area (Å²) in [6.45, 7) is 1.98. The van der Waals surface area contributed by atoms with Crippen molar-refractivity contribution in [2.45, 2.75) is 13.5 Å². The second-order valence-electron chi connectivity index (χ2n) is 3.94. The van der Waals surface area contributed by atoms with Crippen molar-refractivity contribution >= 4 is 26.9 Å². The van der Waals surface area contributed by atoms with Crippen molar-refractivity contribution in [1.82, 2.24) is 9.78 Å². The molecule has 2 N–H and O–H groups in total. The summed E-state index contributed by atoms with van der Waals surface area (Å²) >= 11 is 1.57. The van der Waals surface area contributed by atoms with Gasteiger partial charge in [-0.1, -0.05) is 6.92 Å². The highest BCUT2D eigenvalue weighted by atomic mass is 32.2. The van der Waals surface area contributed by atoms with Gasteiger partial charge < -0.3 is 5.73 Å². The lowest BCUT2D eigenvalue weighted by Gasteiger charge is -2.01. The van der Waals surface area contributed by atoms with Crippen molar-refractivity contribution in [3.8, 4) is 11.3 Å². The number of nitrogen functional groups attached to an aromatic ring is 1. The SMILES string of the molecule is CCS(=O)(=O)CCn1cc(N)c(-c2ccsc2)n1. The summed E-state index contributed by atoms with van der Waals surface area (Å²) in [5.41, 5.74) is 8.13. The largest absolute Gasteiger partial charge is 0.396 e. The van der Waals surface area contributed by atoms with E-state index in [9.17, 15) is 8.42 Å². The van der Waals surface area contributed by atoms with Gasteiger partial charge in [0.05, 0.1) is 18.0 Å². The summed E-state index contributed by atoms with van der Waals surface area (Å²) in [6, 6.07) is 1.94. The van der Waals surface area contributed by atoms with Gasteiger partial charge in [-0.3, -0.25) is 4.68 Å². The molecule has 0 unspecified atom stereocenters. The molecule has 0 bridgehead atoms. The van der Waals surface area contributed by atoms with E-state index in [0.717, 1.165) is 5.56 Å². The Labute approximate surface area is 110 Å². The normalized spacial score (nSPS) is 11.8. The average Bonchev–Trinajstić information content (AvgIpc) is 2.95. The van der Waals surface area contributed by atoms with Gasteiger partial charge in [0.25, 0.3) is 0 Å². The molecule has 2 aromatic rings. The molecule has 0 aliphatic rings. The van der Waals surface area contributed by atoms with Gasteiger partial charge in [0.2, 0.25) is 0 Å². The van der Waals surface area contributed by atoms with Gasteiger partial charge in [-0.15, -0.1) is 0 Å². The first-order valence-corrected chi connectivity index (χ1v) is 8.34. The lowest BCUT2D eigenvalue weighted by molar-refractivity contribution is 0.582. The predicted octanol–water partition coefficient (Wildman–Crippen LogP) is 1.63. The van der Waals surface area contributed by atoms with Crippen LogP contribution < -0.4 is 5.73 Å². The maximum Gasteiger partial charge on any atom is 0.151 e. The van der Waals surface area contributed by atoms with E-state index in [1.165, 1.54) is 0 Å². The van der Waals surface area contributed by atoms with Crippen LogP contribution in [-0.4, -0.2) is 29.7 Å². The number of aryl methyl sites for hydroxylation is 1. The van der Waals surface area contributed by atoms with Crippen LogP contribution in [0.3, 0.4) is 0 Å². The van der Waals surface area contributed by atoms with E-state index in [4.69, 9.17) is 5.73 Å². The zero-order valence-corrected chi connectivity index (χ0v) is 11.7. The fraction of sp³-hybridized carbons (Fsp3) is 0.364. The number of sulfone groups is 1. The summed E-state index contributed by atoms with van der Waals surface area (Å²) in [5.74, 6) is 0.245. The Morgan fingerprint density at radius 3 is 2.89 bits per heavy atom.